The number of amides is 1. The summed E-state index contributed by atoms with van der Waals surface area (Å²) in [4.78, 5) is 29.3. The van der Waals surface area contributed by atoms with E-state index in [1.54, 1.807) is 26.8 Å². The van der Waals surface area contributed by atoms with Crippen LogP contribution in [-0.4, -0.2) is 26.6 Å². The third kappa shape index (κ3) is 5.20. The third-order valence-corrected chi connectivity index (χ3v) is 2.50. The van der Waals surface area contributed by atoms with Gasteiger partial charge in [-0.1, -0.05) is 0 Å². The highest BCUT2D eigenvalue weighted by atomic mass is 16.6. The summed E-state index contributed by atoms with van der Waals surface area (Å²) in [6.07, 6.45) is 2.05. The number of aromatic nitrogens is 2. The van der Waals surface area contributed by atoms with Gasteiger partial charge in [0.2, 0.25) is 0 Å². The molecular formula is C15H16N4O5. The maximum absolute atomic E-state index is 11.7. The maximum Gasteiger partial charge on any atom is 0.413 e. The Hall–Kier alpha value is -3.23. The molecule has 0 aromatic carbocycles. The normalized spacial score (nSPS) is 10.8. The molecule has 1 N–H and O–H groups in total. The Morgan fingerprint density at radius 2 is 1.96 bits per heavy atom. The minimum atomic E-state index is -0.635. The topological polar surface area (TPSA) is 116 Å². The molecule has 0 fully saturated rings. The van der Waals surface area contributed by atoms with Crippen LogP contribution in [0.5, 0.6) is 11.5 Å². The fraction of sp³-hybridized carbons (Fsp3) is 0.267. The summed E-state index contributed by atoms with van der Waals surface area (Å²) in [5, 5.41) is 13.1. The number of rotatable bonds is 4. The molecule has 9 nitrogen and oxygen atoms in total. The summed E-state index contributed by atoms with van der Waals surface area (Å²) in [6.45, 7) is 5.25. The second-order valence-corrected chi connectivity index (χ2v) is 5.71. The van der Waals surface area contributed by atoms with Crippen LogP contribution in [0.3, 0.4) is 0 Å². The second kappa shape index (κ2) is 6.90. The Morgan fingerprint density at radius 3 is 2.54 bits per heavy atom. The van der Waals surface area contributed by atoms with Gasteiger partial charge in [0, 0.05) is 18.3 Å². The first-order valence-corrected chi connectivity index (χ1v) is 6.97. The van der Waals surface area contributed by atoms with Gasteiger partial charge in [0.1, 0.15) is 17.2 Å². The lowest BCUT2D eigenvalue weighted by atomic mass is 10.2. The lowest BCUT2D eigenvalue weighted by Crippen LogP contribution is -2.27. The van der Waals surface area contributed by atoms with Gasteiger partial charge in [-0.15, -0.1) is 0 Å². The summed E-state index contributed by atoms with van der Waals surface area (Å²) < 4.78 is 10.6. The van der Waals surface area contributed by atoms with Crippen molar-refractivity contribution in [2.24, 2.45) is 0 Å². The van der Waals surface area contributed by atoms with E-state index in [9.17, 15) is 14.9 Å². The van der Waals surface area contributed by atoms with E-state index in [0.717, 1.165) is 0 Å². The molecule has 0 atom stereocenters. The van der Waals surface area contributed by atoms with E-state index >= 15 is 0 Å². The number of pyridine rings is 2. The number of nitrogens with one attached hydrogen (secondary N) is 1. The number of nitro groups is 1. The van der Waals surface area contributed by atoms with Gasteiger partial charge in [0.05, 0.1) is 0 Å². The van der Waals surface area contributed by atoms with Crippen molar-refractivity contribution in [1.82, 2.24) is 9.97 Å². The summed E-state index contributed by atoms with van der Waals surface area (Å²) in [5.41, 5.74) is -0.622. The zero-order valence-corrected chi connectivity index (χ0v) is 13.3. The molecule has 2 rings (SSSR count). The first kappa shape index (κ1) is 17.1. The van der Waals surface area contributed by atoms with Crippen LogP contribution in [0.2, 0.25) is 0 Å². The zero-order chi connectivity index (χ0) is 17.7. The van der Waals surface area contributed by atoms with Gasteiger partial charge in [-0.05, 0) is 42.8 Å². The molecule has 0 aliphatic heterocycles. The van der Waals surface area contributed by atoms with Crippen molar-refractivity contribution in [2.45, 2.75) is 26.4 Å². The van der Waals surface area contributed by atoms with E-state index in [4.69, 9.17) is 9.47 Å². The summed E-state index contributed by atoms with van der Waals surface area (Å²) in [5.74, 6) is 0.669. The van der Waals surface area contributed by atoms with Crippen LogP contribution >= 0.6 is 0 Å². The summed E-state index contributed by atoms with van der Waals surface area (Å²) >= 11 is 0. The van der Waals surface area contributed by atoms with Crippen molar-refractivity contribution in [1.29, 1.82) is 0 Å². The van der Waals surface area contributed by atoms with Gasteiger partial charge >= 0.3 is 11.9 Å². The van der Waals surface area contributed by atoms with E-state index in [0.29, 0.717) is 11.5 Å². The quantitative estimate of drug-likeness (QED) is 0.672. The lowest BCUT2D eigenvalue weighted by Gasteiger charge is -2.19. The summed E-state index contributed by atoms with van der Waals surface area (Å²) in [6, 6.07) is 5.72. The number of nitrogens with zero attached hydrogens (tertiary/aromatic N) is 3. The fourth-order valence-electron chi connectivity index (χ4n) is 1.63. The second-order valence-electron chi connectivity index (χ2n) is 5.71. The fourth-order valence-corrected chi connectivity index (χ4v) is 1.63. The van der Waals surface area contributed by atoms with Crippen LogP contribution in [0.1, 0.15) is 20.8 Å². The molecule has 0 aliphatic carbocycles. The van der Waals surface area contributed by atoms with Gasteiger partial charge < -0.3 is 19.6 Å². The van der Waals surface area contributed by atoms with Gasteiger partial charge in [-0.3, -0.25) is 5.32 Å². The van der Waals surface area contributed by atoms with Gasteiger partial charge in [0.25, 0.3) is 0 Å². The number of anilines is 1. The maximum atomic E-state index is 11.7. The average Bonchev–Trinajstić information content (AvgIpc) is 2.46. The molecule has 24 heavy (non-hydrogen) atoms. The van der Waals surface area contributed by atoms with Crippen molar-refractivity contribution < 1.29 is 19.2 Å². The molecule has 2 aromatic rings. The number of ether oxygens (including phenoxy) is 2. The molecule has 2 aromatic heterocycles. The smallest absolute Gasteiger partial charge is 0.413 e. The Balaban J connectivity index is 2.04. The molecule has 0 unspecified atom stereocenters. The molecule has 0 saturated heterocycles. The Labute approximate surface area is 137 Å². The van der Waals surface area contributed by atoms with Gasteiger partial charge in [-0.25, -0.2) is 9.78 Å². The minimum absolute atomic E-state index is 0.247. The Kier molecular flexibility index (Phi) is 4.93. The predicted octanol–water partition coefficient (Wildman–Crippen LogP) is 3.52. The minimum Gasteiger partial charge on any atom is -0.453 e. The summed E-state index contributed by atoms with van der Waals surface area (Å²) in [7, 11) is 0. The van der Waals surface area contributed by atoms with Crippen LogP contribution in [0.4, 0.5) is 16.4 Å². The monoisotopic (exact) mass is 332 g/mol. The van der Waals surface area contributed by atoms with Crippen LogP contribution in [0.15, 0.2) is 36.7 Å². The largest absolute Gasteiger partial charge is 0.453 e. The third-order valence-electron chi connectivity index (χ3n) is 2.50. The number of carbonyl (C=O) groups is 1. The van der Waals surface area contributed by atoms with Gasteiger partial charge in [0.15, 0.2) is 11.9 Å². The molecule has 9 heteroatoms. The molecule has 1 amide bonds. The van der Waals surface area contributed by atoms with Crippen LogP contribution in [-0.2, 0) is 4.74 Å². The van der Waals surface area contributed by atoms with Crippen molar-refractivity contribution >= 4 is 17.7 Å². The standard InChI is InChI=1S/C15H16N4O5/c1-15(2,3)24-14(20)18-12-8-10(6-7-16-12)23-11-4-5-13(17-9-11)19(21)22/h4-9H,1-3H3,(H,16,18,20). The number of carbonyl (C=O) groups excluding carboxylic acids is 1. The Bertz CT molecular complexity index is 740. The highest BCUT2D eigenvalue weighted by Crippen LogP contribution is 2.23. The highest BCUT2D eigenvalue weighted by molar-refractivity contribution is 5.83. The molecule has 0 spiro atoms. The molecular weight excluding hydrogens is 316 g/mol. The highest BCUT2D eigenvalue weighted by Gasteiger charge is 2.16. The van der Waals surface area contributed by atoms with E-state index in [1.807, 2.05) is 0 Å². The van der Waals surface area contributed by atoms with Crippen LogP contribution < -0.4 is 10.1 Å². The van der Waals surface area contributed by atoms with E-state index in [-0.39, 0.29) is 11.6 Å². The number of hydrogen-bond donors (Lipinski definition) is 1. The first-order chi connectivity index (χ1) is 11.2. The van der Waals surface area contributed by atoms with Crippen LogP contribution in [0.25, 0.3) is 0 Å². The van der Waals surface area contributed by atoms with Crippen molar-refractivity contribution in [3.63, 3.8) is 0 Å². The van der Waals surface area contributed by atoms with Crippen molar-refractivity contribution in [2.75, 3.05) is 5.32 Å². The first-order valence-electron chi connectivity index (χ1n) is 6.97. The zero-order valence-electron chi connectivity index (χ0n) is 13.3. The number of hydrogen-bond acceptors (Lipinski definition) is 7. The predicted molar refractivity (Wildman–Crippen MR) is 85.1 cm³/mol. The average molecular weight is 332 g/mol. The van der Waals surface area contributed by atoms with Crippen molar-refractivity contribution in [3.8, 4) is 11.5 Å². The molecule has 126 valence electrons. The van der Waals surface area contributed by atoms with Crippen LogP contribution in [0, 0.1) is 10.1 Å². The molecule has 0 radical (unpaired) electrons. The molecule has 0 bridgehead atoms. The van der Waals surface area contributed by atoms with E-state index < -0.39 is 16.6 Å². The van der Waals surface area contributed by atoms with E-state index in [2.05, 4.69) is 15.3 Å². The molecule has 0 saturated carbocycles. The Morgan fingerprint density at radius 1 is 1.21 bits per heavy atom. The molecule has 2 heterocycles. The van der Waals surface area contributed by atoms with Crippen molar-refractivity contribution in [3.05, 3.63) is 46.8 Å². The van der Waals surface area contributed by atoms with E-state index in [1.165, 1.54) is 30.6 Å². The lowest BCUT2D eigenvalue weighted by molar-refractivity contribution is -0.389. The van der Waals surface area contributed by atoms with Gasteiger partial charge in [-0.2, -0.15) is 0 Å². The SMILES string of the molecule is CC(C)(C)OC(=O)Nc1cc(Oc2ccc([N+](=O)[O-])nc2)ccn1. The molecule has 0 aliphatic rings.